The third-order valence-corrected chi connectivity index (χ3v) is 3.24. The van der Waals surface area contributed by atoms with Gasteiger partial charge in [-0.05, 0) is 46.5 Å². The Bertz CT molecular complexity index is 520. The molecule has 7 nitrogen and oxygen atoms in total. The fourth-order valence-electron chi connectivity index (χ4n) is 2.19. The lowest BCUT2D eigenvalue weighted by molar-refractivity contribution is -0.143. The first-order chi connectivity index (χ1) is 10.8. The first-order valence-corrected chi connectivity index (χ1v) is 7.85. The zero-order valence-corrected chi connectivity index (χ0v) is 14.6. The zero-order chi connectivity index (χ0) is 17.5. The van der Waals surface area contributed by atoms with Gasteiger partial charge in [-0.15, -0.1) is 0 Å². The van der Waals surface area contributed by atoms with Crippen molar-refractivity contribution in [2.24, 2.45) is 0 Å². The number of imidazole rings is 1. The van der Waals surface area contributed by atoms with E-state index in [1.807, 2.05) is 6.92 Å². The minimum absolute atomic E-state index is 0.466. The second-order valence-corrected chi connectivity index (χ2v) is 6.30. The second kappa shape index (κ2) is 8.55. The monoisotopic (exact) mass is 325 g/mol. The molecule has 2 N–H and O–H groups in total. The van der Waals surface area contributed by atoms with E-state index in [4.69, 9.17) is 9.47 Å². The summed E-state index contributed by atoms with van der Waals surface area (Å²) < 4.78 is 9.92. The lowest BCUT2D eigenvalue weighted by atomic mass is 10.1. The summed E-state index contributed by atoms with van der Waals surface area (Å²) in [4.78, 5) is 31.0. The summed E-state index contributed by atoms with van der Waals surface area (Å²) in [7, 11) is 1.30. The van der Waals surface area contributed by atoms with E-state index in [2.05, 4.69) is 15.3 Å². The molecule has 1 atom stereocenters. The van der Waals surface area contributed by atoms with E-state index in [0.717, 1.165) is 24.2 Å². The van der Waals surface area contributed by atoms with E-state index >= 15 is 0 Å². The van der Waals surface area contributed by atoms with Crippen LogP contribution < -0.4 is 5.32 Å². The summed E-state index contributed by atoms with van der Waals surface area (Å²) in [6, 6.07) is -0.720. The van der Waals surface area contributed by atoms with Gasteiger partial charge < -0.3 is 19.8 Å². The highest BCUT2D eigenvalue weighted by atomic mass is 16.6. The Hall–Kier alpha value is -2.05. The molecule has 0 bridgehead atoms. The Kier molecular flexibility index (Phi) is 7.06. The molecule has 1 heterocycles. The van der Waals surface area contributed by atoms with Crippen LogP contribution in [0.3, 0.4) is 0 Å². The summed E-state index contributed by atoms with van der Waals surface area (Å²) in [6.07, 6.45) is 3.84. The van der Waals surface area contributed by atoms with Gasteiger partial charge in [0.1, 0.15) is 11.6 Å². The third-order valence-electron chi connectivity index (χ3n) is 3.24. The molecule has 0 fully saturated rings. The number of carbonyl (C=O) groups is 2. The Morgan fingerprint density at radius 3 is 2.65 bits per heavy atom. The van der Waals surface area contributed by atoms with Gasteiger partial charge in [0.2, 0.25) is 0 Å². The molecule has 0 saturated carbocycles. The molecule has 1 aromatic heterocycles. The number of ether oxygens (including phenoxy) is 2. The first kappa shape index (κ1) is 19.0. The largest absolute Gasteiger partial charge is 0.467 e. The summed E-state index contributed by atoms with van der Waals surface area (Å²) in [5, 5.41) is 2.57. The number of hydrogen-bond acceptors (Lipinski definition) is 5. The number of carbonyl (C=O) groups excluding carboxylic acids is 2. The molecule has 0 unspecified atom stereocenters. The SMILES string of the molecule is CCc1nc[nH]c1CCC[C@H](NC(=O)OC(C)(C)C)C(=O)OC. The smallest absolute Gasteiger partial charge is 0.408 e. The number of nitrogens with one attached hydrogen (secondary N) is 2. The van der Waals surface area contributed by atoms with Crippen LogP contribution in [0.4, 0.5) is 4.79 Å². The molecular formula is C16H27N3O4. The molecule has 0 aliphatic rings. The summed E-state index contributed by atoms with van der Waals surface area (Å²) in [6.45, 7) is 7.35. The number of aromatic amines is 1. The molecule has 0 aliphatic heterocycles. The van der Waals surface area contributed by atoms with Crippen molar-refractivity contribution < 1.29 is 19.1 Å². The van der Waals surface area contributed by atoms with Crippen molar-refractivity contribution in [3.63, 3.8) is 0 Å². The van der Waals surface area contributed by atoms with Crippen molar-refractivity contribution in [3.8, 4) is 0 Å². The van der Waals surface area contributed by atoms with Crippen LogP contribution in [-0.4, -0.2) is 40.8 Å². The minimum atomic E-state index is -0.720. The number of nitrogens with zero attached hydrogens (tertiary/aromatic N) is 1. The van der Waals surface area contributed by atoms with E-state index in [9.17, 15) is 9.59 Å². The van der Waals surface area contributed by atoms with E-state index in [1.54, 1.807) is 27.1 Å². The Morgan fingerprint density at radius 2 is 2.09 bits per heavy atom. The number of amides is 1. The average Bonchev–Trinajstić information content (AvgIpc) is 2.90. The van der Waals surface area contributed by atoms with Gasteiger partial charge in [-0.2, -0.15) is 0 Å². The Balaban J connectivity index is 2.55. The van der Waals surface area contributed by atoms with Crippen molar-refractivity contribution >= 4 is 12.1 Å². The van der Waals surface area contributed by atoms with Gasteiger partial charge in [0.05, 0.1) is 19.1 Å². The summed E-state index contributed by atoms with van der Waals surface area (Å²) in [5.41, 5.74) is 1.48. The second-order valence-electron chi connectivity index (χ2n) is 6.30. The van der Waals surface area contributed by atoms with Gasteiger partial charge >= 0.3 is 12.1 Å². The van der Waals surface area contributed by atoms with Gasteiger partial charge in [-0.25, -0.2) is 14.6 Å². The topological polar surface area (TPSA) is 93.3 Å². The number of hydrogen-bond donors (Lipinski definition) is 2. The number of esters is 1. The zero-order valence-electron chi connectivity index (χ0n) is 14.6. The maximum atomic E-state index is 11.8. The fourth-order valence-corrected chi connectivity index (χ4v) is 2.19. The van der Waals surface area contributed by atoms with E-state index in [1.165, 1.54) is 7.11 Å². The van der Waals surface area contributed by atoms with Crippen molar-refractivity contribution in [1.82, 2.24) is 15.3 Å². The van der Waals surface area contributed by atoms with Crippen LogP contribution in [0, 0.1) is 0 Å². The molecule has 0 saturated heterocycles. The molecule has 1 amide bonds. The van der Waals surface area contributed by atoms with Crippen molar-refractivity contribution in [1.29, 1.82) is 0 Å². The van der Waals surface area contributed by atoms with Crippen LogP contribution in [0.1, 0.15) is 51.9 Å². The number of H-pyrrole nitrogens is 1. The maximum Gasteiger partial charge on any atom is 0.408 e. The molecule has 1 aromatic rings. The molecule has 0 radical (unpaired) electrons. The summed E-state index contributed by atoms with van der Waals surface area (Å²) in [5.74, 6) is -0.476. The number of aromatic nitrogens is 2. The van der Waals surface area contributed by atoms with Gasteiger partial charge in [0, 0.05) is 5.69 Å². The highest BCUT2D eigenvalue weighted by molar-refractivity contribution is 5.81. The quantitative estimate of drug-likeness (QED) is 0.751. The predicted octanol–water partition coefficient (Wildman–Crippen LogP) is 2.36. The van der Waals surface area contributed by atoms with Crippen LogP contribution in [0.15, 0.2) is 6.33 Å². The predicted molar refractivity (Wildman–Crippen MR) is 86.1 cm³/mol. The normalized spacial score (nSPS) is 12.6. The lowest BCUT2D eigenvalue weighted by Gasteiger charge is -2.22. The van der Waals surface area contributed by atoms with Crippen LogP contribution >= 0.6 is 0 Å². The lowest BCUT2D eigenvalue weighted by Crippen LogP contribution is -2.44. The average molecular weight is 325 g/mol. The number of methoxy groups -OCH3 is 1. The highest BCUT2D eigenvalue weighted by Gasteiger charge is 2.24. The minimum Gasteiger partial charge on any atom is -0.467 e. The van der Waals surface area contributed by atoms with E-state index < -0.39 is 23.7 Å². The van der Waals surface area contributed by atoms with Crippen molar-refractivity contribution in [3.05, 3.63) is 17.7 Å². The van der Waals surface area contributed by atoms with Crippen molar-refractivity contribution in [2.45, 2.75) is 65.0 Å². The summed E-state index contributed by atoms with van der Waals surface area (Å²) >= 11 is 0. The van der Waals surface area contributed by atoms with Gasteiger partial charge in [-0.1, -0.05) is 6.92 Å². The molecule has 130 valence electrons. The molecule has 0 aliphatic carbocycles. The fraction of sp³-hybridized carbons (Fsp3) is 0.688. The Morgan fingerprint density at radius 1 is 1.39 bits per heavy atom. The van der Waals surface area contributed by atoms with Crippen molar-refractivity contribution in [2.75, 3.05) is 7.11 Å². The molecule has 7 heteroatoms. The van der Waals surface area contributed by atoms with E-state index in [0.29, 0.717) is 12.8 Å². The third kappa shape index (κ3) is 6.71. The van der Waals surface area contributed by atoms with Crippen LogP contribution in [-0.2, 0) is 27.1 Å². The standard InChI is InChI=1S/C16H27N3O4/c1-6-11-12(18-10-17-11)8-7-9-13(14(20)22-5)19-15(21)23-16(2,3)4/h10,13H,6-9H2,1-5H3,(H,17,18)(H,19,21)/t13-/m0/s1. The molecule has 0 spiro atoms. The molecule has 23 heavy (non-hydrogen) atoms. The number of alkyl carbamates (subject to hydrolysis) is 1. The number of rotatable bonds is 7. The molecule has 1 rings (SSSR count). The van der Waals surface area contributed by atoms with Crippen LogP contribution in [0.25, 0.3) is 0 Å². The van der Waals surface area contributed by atoms with E-state index in [-0.39, 0.29) is 0 Å². The molecular weight excluding hydrogens is 298 g/mol. The first-order valence-electron chi connectivity index (χ1n) is 7.85. The Labute approximate surface area is 137 Å². The van der Waals surface area contributed by atoms with Gasteiger partial charge in [-0.3, -0.25) is 0 Å². The number of aryl methyl sites for hydroxylation is 2. The van der Waals surface area contributed by atoms with Crippen LogP contribution in [0.5, 0.6) is 0 Å². The van der Waals surface area contributed by atoms with Gasteiger partial charge in [0.15, 0.2) is 0 Å². The van der Waals surface area contributed by atoms with Gasteiger partial charge in [0.25, 0.3) is 0 Å². The highest BCUT2D eigenvalue weighted by Crippen LogP contribution is 2.11. The molecule has 0 aromatic carbocycles. The maximum absolute atomic E-state index is 11.8. The van der Waals surface area contributed by atoms with Crippen LogP contribution in [0.2, 0.25) is 0 Å².